The summed E-state index contributed by atoms with van der Waals surface area (Å²) in [5.41, 5.74) is 2.28. The van der Waals surface area contributed by atoms with Crippen molar-refractivity contribution in [2.24, 2.45) is 0 Å². The van der Waals surface area contributed by atoms with Crippen LogP contribution in [0.4, 0.5) is 41.6 Å². The Hall–Kier alpha value is -12.1. The SMILES string of the molecule is CC(C)(C)OC(=O)N1Cc2nc(-c3c(F)cccc3C#N)cc(Cl)c2C1=O.CC1O[C@H]2CN(c3ccn(-c4cc(-c5c(F)cccc5C#N)nc5c4C(=O)N(C(=O)OC(C)(C)C)C5)n3)C[C@H]2O1.CC1O[C@H]2CN(c3ccn(Cc4ccccc4)n3)C[C@H]2O1.CC1O[C@H]2CN(c3ccn[nH]3)C[C@H]2O1.O[C@@H]1CN(c2ccn(Cc3ccccc3)n2)C[C@@H]1O. The molecule has 35 heteroatoms. The fraction of sp³-hybridized carbons (Fsp3) is 0.395. The number of ether oxygens (including phenoxy) is 8. The third kappa shape index (κ3) is 19.1. The van der Waals surface area contributed by atoms with Gasteiger partial charge in [-0.05, 0) is 110 Å². The van der Waals surface area contributed by atoms with Crippen molar-refractivity contribution in [3.8, 4) is 40.3 Å². The molecule has 10 aromatic rings. The van der Waals surface area contributed by atoms with E-state index in [2.05, 4.69) is 82.6 Å². The summed E-state index contributed by atoms with van der Waals surface area (Å²) in [4.78, 5) is 70.3. The number of carbonyl (C=O) groups is 4. The largest absolute Gasteiger partial charge is 0.443 e. The van der Waals surface area contributed by atoms with Crippen LogP contribution in [0.3, 0.4) is 0 Å². The summed E-state index contributed by atoms with van der Waals surface area (Å²) < 4.78 is 79.6. The number of β-amino-alcohol motifs (C(OH)–C–C–N with tert-alkyl or cyclic N) is 2. The number of aromatic nitrogens is 10. The number of nitrogens with zero attached hydrogens (tertiary/aromatic N) is 17. The number of amides is 4. The Morgan fingerprint density at radius 3 is 1.33 bits per heavy atom. The minimum Gasteiger partial charge on any atom is -0.443 e. The molecule has 121 heavy (non-hydrogen) atoms. The van der Waals surface area contributed by atoms with Crippen LogP contribution in [0.2, 0.25) is 5.02 Å². The lowest BCUT2D eigenvalue weighted by atomic mass is 10.0. The molecule has 0 saturated carbocycles. The second-order valence-electron chi connectivity index (χ2n) is 32.2. The quantitative estimate of drug-likeness (QED) is 0.108. The van der Waals surface area contributed by atoms with Crippen molar-refractivity contribution in [1.29, 1.82) is 10.5 Å². The topological polar surface area (TPSA) is 358 Å². The number of carbonyl (C=O) groups excluding carboxylic acids is 4. The molecule has 32 nitrogen and oxygen atoms in total. The van der Waals surface area contributed by atoms with Crippen molar-refractivity contribution in [3.63, 3.8) is 0 Å². The summed E-state index contributed by atoms with van der Waals surface area (Å²) in [6, 6.07) is 43.2. The van der Waals surface area contributed by atoms with Crippen molar-refractivity contribution in [3.05, 3.63) is 220 Å². The van der Waals surface area contributed by atoms with Gasteiger partial charge in [-0.1, -0.05) is 84.4 Å². The van der Waals surface area contributed by atoms with E-state index in [0.29, 0.717) is 37.7 Å². The number of nitriles is 2. The number of H-pyrrole nitrogens is 1. The molecule has 3 N–H and O–H groups in total. The highest BCUT2D eigenvalue weighted by Gasteiger charge is 2.47. The molecule has 6 aromatic heterocycles. The number of hydrogen-bond donors (Lipinski definition) is 3. The van der Waals surface area contributed by atoms with Gasteiger partial charge in [0.15, 0.2) is 36.3 Å². The number of aliphatic hydroxyl groups excluding tert-OH is 2. The predicted octanol–water partition coefficient (Wildman–Crippen LogP) is 10.8. The molecule has 7 fully saturated rings. The molecule has 0 bridgehead atoms. The van der Waals surface area contributed by atoms with Crippen molar-refractivity contribution < 1.29 is 76.1 Å². The van der Waals surface area contributed by atoms with Crippen LogP contribution in [0.5, 0.6) is 0 Å². The van der Waals surface area contributed by atoms with Crippen LogP contribution in [0.15, 0.2) is 158 Å². The predicted molar refractivity (Wildman–Crippen MR) is 436 cm³/mol. The Balaban J connectivity index is 0.000000123. The minimum atomic E-state index is -0.821. The molecular weight excluding hydrogens is 1580 g/mol. The van der Waals surface area contributed by atoms with Crippen molar-refractivity contribution in [2.45, 2.75) is 167 Å². The molecule has 11 atom stereocenters. The summed E-state index contributed by atoms with van der Waals surface area (Å²) in [5.74, 6) is 0.981. The third-order valence-electron chi connectivity index (χ3n) is 21.0. The fourth-order valence-corrected chi connectivity index (χ4v) is 15.9. The number of benzene rings is 4. The number of aliphatic hydroxyl groups is 2. The first-order chi connectivity index (χ1) is 58.0. The summed E-state index contributed by atoms with van der Waals surface area (Å²) in [6.07, 6.45) is 4.69. The van der Waals surface area contributed by atoms with Crippen LogP contribution in [0.1, 0.15) is 117 Å². The van der Waals surface area contributed by atoms with Gasteiger partial charge in [0.05, 0.1) is 124 Å². The summed E-state index contributed by atoms with van der Waals surface area (Å²) in [6.45, 7) is 22.7. The molecule has 3 unspecified atom stereocenters. The molecule has 0 radical (unpaired) electrons. The summed E-state index contributed by atoms with van der Waals surface area (Å²) in [5, 5.41) is 58.7. The average Bonchev–Trinajstić information content (AvgIpc) is 1.67. The van der Waals surface area contributed by atoms with Crippen LogP contribution in [0.25, 0.3) is 28.2 Å². The van der Waals surface area contributed by atoms with E-state index < -0.39 is 59.0 Å². The lowest BCUT2D eigenvalue weighted by Gasteiger charge is -2.23. The number of imide groups is 2. The Kier molecular flexibility index (Phi) is 24.5. The summed E-state index contributed by atoms with van der Waals surface area (Å²) >= 11 is 6.23. The second kappa shape index (κ2) is 35.3. The van der Waals surface area contributed by atoms with Crippen molar-refractivity contribution in [2.75, 3.05) is 72.0 Å². The Morgan fingerprint density at radius 2 is 0.909 bits per heavy atom. The maximum atomic E-state index is 15.0. The number of fused-ring (bicyclic) bond motifs is 5. The van der Waals surface area contributed by atoms with Crippen molar-refractivity contribution in [1.82, 2.24) is 59.3 Å². The lowest BCUT2D eigenvalue weighted by molar-refractivity contribution is -0.0533. The maximum absolute atomic E-state index is 15.0. The van der Waals surface area contributed by atoms with Gasteiger partial charge in [0.25, 0.3) is 11.8 Å². The Bertz CT molecular complexity index is 5470. The number of nitrogens with one attached hydrogen (secondary N) is 1. The van der Waals surface area contributed by atoms with Gasteiger partial charge in [-0.2, -0.15) is 30.9 Å². The number of anilines is 4. The lowest BCUT2D eigenvalue weighted by Crippen LogP contribution is -2.37. The van der Waals surface area contributed by atoms with Crippen LogP contribution in [-0.4, -0.2) is 225 Å². The average molecular weight is 1670 g/mol. The first kappa shape index (κ1) is 83.9. The van der Waals surface area contributed by atoms with Crippen molar-refractivity contribution >= 4 is 58.9 Å². The van der Waals surface area contributed by atoms with Gasteiger partial charge in [0, 0.05) is 95.2 Å². The number of pyridine rings is 2. The highest BCUT2D eigenvalue weighted by atomic mass is 35.5. The third-order valence-corrected chi connectivity index (χ3v) is 21.3. The molecule has 4 amide bonds. The number of halogens is 3. The van der Waals surface area contributed by atoms with Gasteiger partial charge in [-0.25, -0.2) is 42.8 Å². The number of rotatable bonds is 11. The van der Waals surface area contributed by atoms with E-state index in [1.54, 1.807) is 60.0 Å². The van der Waals surface area contributed by atoms with E-state index in [9.17, 15) is 44.3 Å². The fourth-order valence-electron chi connectivity index (χ4n) is 15.6. The van der Waals surface area contributed by atoms with Crippen LogP contribution in [-0.2, 0) is 64.1 Å². The minimum absolute atomic E-state index is 0.000354. The van der Waals surface area contributed by atoms with E-state index in [1.165, 1.54) is 64.3 Å². The molecule has 9 aliphatic rings. The molecule has 19 rings (SSSR count). The van der Waals surface area contributed by atoms with Gasteiger partial charge in [-0.15, -0.1) is 0 Å². The normalized spacial score (nSPS) is 22.9. The van der Waals surface area contributed by atoms with Gasteiger partial charge >= 0.3 is 12.2 Å². The van der Waals surface area contributed by atoms with Gasteiger partial charge < -0.3 is 67.7 Å². The van der Waals surface area contributed by atoms with E-state index in [0.717, 1.165) is 66.5 Å². The smallest absolute Gasteiger partial charge is 0.417 e. The Labute approximate surface area is 700 Å². The molecule has 7 saturated heterocycles. The Morgan fingerprint density at radius 1 is 0.512 bits per heavy atom. The first-order valence-corrected chi connectivity index (χ1v) is 40.0. The molecule has 4 aromatic carbocycles. The van der Waals surface area contributed by atoms with E-state index >= 15 is 4.39 Å². The standard InChI is InChI=1S/C28H27FN6O5.C19H15ClFN3O3.C16H19N3O2.C14H17N3O2.C9H13N3O2/c1-15-38-21-13-33(14-22(21)39-15)23-8-9-35(32-23)20-10-18(24-16(11-30)6-5-7-17(24)29)31-19-12-34(26(36)25(19)20)27(37)40-28(2,3)4;1-19(2,3)27-18(26)24-9-14-16(17(24)25)11(20)7-13(23-14)15-10(8-22)5-4-6-12(15)21;1-12-20-14-10-18(11-15(14)21-12)16-7-8-19(17-16)9-13-5-3-2-4-6-13;18-12-9-16(10-13(12)19)14-6-7-17(15-14)8-11-4-2-1-3-5-11;1-6-13-7-4-12(5-8(7)14-6)9-2-3-10-11-9/h5-10,15,21-22H,12-14H2,1-4H3;4-7H,9H2,1-3H3;2-8,12,14-15H,9-11H2,1H3;1-7,12-13,18-19H,8-10H2;2-3,6-8H,4-5H2,1H3,(H,10,11)/t15?,21-,22+;;12?,14-,15+;12-,13+;6?,7-,8+. The molecule has 0 aliphatic carbocycles. The van der Waals surface area contributed by atoms with Crippen LogP contribution in [0, 0.1) is 34.3 Å². The molecule has 15 heterocycles. The van der Waals surface area contributed by atoms with Gasteiger partial charge in [0.1, 0.15) is 65.3 Å². The zero-order chi connectivity index (χ0) is 85.3. The van der Waals surface area contributed by atoms with E-state index in [4.69, 9.17) is 54.6 Å². The monoisotopic (exact) mass is 1670 g/mol. The molecule has 630 valence electrons. The van der Waals surface area contributed by atoms with Crippen LogP contribution < -0.4 is 19.6 Å². The summed E-state index contributed by atoms with van der Waals surface area (Å²) in [7, 11) is 0. The van der Waals surface area contributed by atoms with Gasteiger partial charge in [-0.3, -0.25) is 24.1 Å². The zero-order valence-electron chi connectivity index (χ0n) is 67.9. The van der Waals surface area contributed by atoms with E-state index in [1.807, 2.05) is 101 Å². The second-order valence-corrected chi connectivity index (χ2v) is 32.6. The zero-order valence-corrected chi connectivity index (χ0v) is 68.6. The number of aromatic amines is 1. The number of hydrogen-bond acceptors (Lipinski definition) is 26. The highest BCUT2D eigenvalue weighted by Crippen LogP contribution is 2.39. The highest BCUT2D eigenvalue weighted by molar-refractivity contribution is 6.35. The van der Waals surface area contributed by atoms with Crippen LogP contribution >= 0.6 is 11.6 Å². The molecular formula is C86H91ClF2N18O14. The first-order valence-electron chi connectivity index (χ1n) is 39.7. The molecule has 0 spiro atoms. The van der Waals surface area contributed by atoms with Gasteiger partial charge in [0.2, 0.25) is 0 Å². The molecule has 9 aliphatic heterocycles. The van der Waals surface area contributed by atoms with E-state index in [-0.39, 0.29) is 130 Å². The maximum Gasteiger partial charge on any atom is 0.417 e.